The summed E-state index contributed by atoms with van der Waals surface area (Å²) in [5, 5.41) is 9.57. The number of nitrogens with zero attached hydrogens (tertiary/aromatic N) is 1. The van der Waals surface area contributed by atoms with Crippen molar-refractivity contribution in [3.63, 3.8) is 0 Å². The third-order valence-corrected chi connectivity index (χ3v) is 5.98. The molecule has 7 heteroatoms. The summed E-state index contributed by atoms with van der Waals surface area (Å²) in [4.78, 5) is 9.71. The average molecular weight is 377 g/mol. The quantitative estimate of drug-likeness (QED) is 0.349. The number of aliphatic hydroxyl groups excluding tert-OH is 1. The van der Waals surface area contributed by atoms with E-state index in [-0.39, 0.29) is 24.3 Å². The fraction of sp³-hybridized carbons (Fsp3) is 0.650. The summed E-state index contributed by atoms with van der Waals surface area (Å²) < 4.78 is 6.03. The van der Waals surface area contributed by atoms with Crippen LogP contribution >= 0.6 is 0 Å². The van der Waals surface area contributed by atoms with E-state index in [2.05, 4.69) is 6.92 Å². The first kappa shape index (κ1) is 20.1. The summed E-state index contributed by atoms with van der Waals surface area (Å²) in [6.45, 7) is 3.65. The molecular weight excluding hydrogens is 344 g/mol. The molecule has 27 heavy (non-hydrogen) atoms. The van der Waals surface area contributed by atoms with E-state index in [4.69, 9.17) is 31.9 Å². The molecule has 0 saturated heterocycles. The molecule has 0 spiro atoms. The SMILES string of the molecule is CC1(N)CCC(N=C(N)c2ccc3c(c2)CC[C@H]([C@@](C)(CO)ON)O3)CC1. The molecule has 150 valence electrons. The van der Waals surface area contributed by atoms with Crippen molar-refractivity contribution < 1.29 is 14.7 Å². The van der Waals surface area contributed by atoms with Gasteiger partial charge in [0.1, 0.15) is 23.3 Å². The smallest absolute Gasteiger partial charge is 0.146 e. The molecule has 1 aromatic rings. The molecule has 2 aliphatic rings. The van der Waals surface area contributed by atoms with Crippen LogP contribution in [0.15, 0.2) is 23.2 Å². The molecule has 1 fully saturated rings. The number of aryl methyl sites for hydroxylation is 1. The molecule has 1 aliphatic heterocycles. The zero-order valence-electron chi connectivity index (χ0n) is 16.3. The summed E-state index contributed by atoms with van der Waals surface area (Å²) in [5.74, 6) is 6.70. The van der Waals surface area contributed by atoms with E-state index in [0.29, 0.717) is 12.3 Å². The normalized spacial score (nSPS) is 30.9. The molecule has 0 amide bonds. The van der Waals surface area contributed by atoms with Crippen LogP contribution in [0.1, 0.15) is 57.1 Å². The second kappa shape index (κ2) is 7.75. The summed E-state index contributed by atoms with van der Waals surface area (Å²) >= 11 is 0. The predicted octanol–water partition coefficient (Wildman–Crippen LogP) is 1.39. The largest absolute Gasteiger partial charge is 0.487 e. The Morgan fingerprint density at radius 2 is 2.07 bits per heavy atom. The number of benzene rings is 1. The Balaban J connectivity index is 1.71. The van der Waals surface area contributed by atoms with Crippen molar-refractivity contribution in [1.82, 2.24) is 0 Å². The van der Waals surface area contributed by atoms with E-state index in [1.807, 2.05) is 18.2 Å². The van der Waals surface area contributed by atoms with Crippen molar-refractivity contribution in [3.05, 3.63) is 29.3 Å². The Bertz CT molecular complexity index is 690. The van der Waals surface area contributed by atoms with Gasteiger partial charge < -0.3 is 21.3 Å². The topological polar surface area (TPSA) is 129 Å². The summed E-state index contributed by atoms with van der Waals surface area (Å²) in [6.07, 6.45) is 5.10. The van der Waals surface area contributed by atoms with Gasteiger partial charge in [-0.15, -0.1) is 0 Å². The molecule has 2 atom stereocenters. The highest BCUT2D eigenvalue weighted by Gasteiger charge is 2.39. The molecule has 1 aromatic carbocycles. The number of aliphatic hydroxyl groups is 1. The minimum atomic E-state index is -0.921. The zero-order valence-corrected chi connectivity index (χ0v) is 16.3. The van der Waals surface area contributed by atoms with Gasteiger partial charge in [0.05, 0.1) is 12.6 Å². The Hall–Kier alpha value is -1.67. The Morgan fingerprint density at radius 1 is 1.37 bits per heavy atom. The van der Waals surface area contributed by atoms with Gasteiger partial charge in [0.25, 0.3) is 0 Å². The van der Waals surface area contributed by atoms with Crippen LogP contribution in [0.5, 0.6) is 5.75 Å². The fourth-order valence-corrected chi connectivity index (χ4v) is 3.86. The molecule has 0 unspecified atom stereocenters. The lowest BCUT2D eigenvalue weighted by Crippen LogP contribution is -2.51. The van der Waals surface area contributed by atoms with E-state index < -0.39 is 5.60 Å². The van der Waals surface area contributed by atoms with Crippen molar-refractivity contribution in [1.29, 1.82) is 0 Å². The van der Waals surface area contributed by atoms with Crippen LogP contribution < -0.4 is 22.1 Å². The summed E-state index contributed by atoms with van der Waals surface area (Å²) in [7, 11) is 0. The molecule has 7 nitrogen and oxygen atoms in total. The lowest BCUT2D eigenvalue weighted by atomic mass is 9.82. The predicted molar refractivity (Wildman–Crippen MR) is 106 cm³/mol. The van der Waals surface area contributed by atoms with Crippen molar-refractivity contribution in [2.45, 2.75) is 75.7 Å². The molecule has 1 heterocycles. The van der Waals surface area contributed by atoms with Crippen molar-refractivity contribution in [3.8, 4) is 5.75 Å². The maximum absolute atomic E-state index is 9.57. The number of fused-ring (bicyclic) bond motifs is 1. The second-order valence-electron chi connectivity index (χ2n) is 8.46. The van der Waals surface area contributed by atoms with Gasteiger partial charge in [-0.3, -0.25) is 9.83 Å². The van der Waals surface area contributed by atoms with Crippen molar-refractivity contribution in [2.75, 3.05) is 6.61 Å². The molecule has 1 saturated carbocycles. The third kappa shape index (κ3) is 4.43. The lowest BCUT2D eigenvalue weighted by molar-refractivity contribution is -0.135. The Kier molecular flexibility index (Phi) is 5.76. The minimum Gasteiger partial charge on any atom is -0.487 e. The Labute approximate surface area is 160 Å². The van der Waals surface area contributed by atoms with Gasteiger partial charge in [-0.25, -0.2) is 5.90 Å². The van der Waals surface area contributed by atoms with Crippen molar-refractivity contribution in [2.24, 2.45) is 22.4 Å². The highest BCUT2D eigenvalue weighted by molar-refractivity contribution is 5.98. The first-order valence-corrected chi connectivity index (χ1v) is 9.67. The lowest BCUT2D eigenvalue weighted by Gasteiger charge is -2.37. The van der Waals surface area contributed by atoms with Crippen LogP contribution in [0.2, 0.25) is 0 Å². The number of nitrogens with two attached hydrogens (primary N) is 3. The van der Waals surface area contributed by atoms with Gasteiger partial charge in [0, 0.05) is 11.1 Å². The van der Waals surface area contributed by atoms with Gasteiger partial charge >= 0.3 is 0 Å². The van der Waals surface area contributed by atoms with Gasteiger partial charge in [0.15, 0.2) is 0 Å². The van der Waals surface area contributed by atoms with Gasteiger partial charge in [0.2, 0.25) is 0 Å². The third-order valence-electron chi connectivity index (χ3n) is 5.98. The molecular formula is C20H32N4O3. The van der Waals surface area contributed by atoms with E-state index >= 15 is 0 Å². The summed E-state index contributed by atoms with van der Waals surface area (Å²) in [6, 6.07) is 6.12. The van der Waals surface area contributed by atoms with Gasteiger partial charge in [-0.2, -0.15) is 0 Å². The second-order valence-corrected chi connectivity index (χ2v) is 8.46. The van der Waals surface area contributed by atoms with Crippen molar-refractivity contribution >= 4 is 5.84 Å². The van der Waals surface area contributed by atoms with Gasteiger partial charge in [-0.05, 0) is 76.1 Å². The van der Waals surface area contributed by atoms with Gasteiger partial charge in [-0.1, -0.05) is 0 Å². The number of ether oxygens (including phenoxy) is 1. The number of amidine groups is 1. The Morgan fingerprint density at radius 3 is 2.70 bits per heavy atom. The zero-order chi connectivity index (χ0) is 19.7. The standard InChI is InChI=1S/C20H32N4O3/c1-19(22)9-7-15(8-10-19)24-18(21)14-3-5-16-13(11-14)4-6-17(26-16)20(2,12-25)27-23/h3,5,11,15,17,25H,4,6-10,12,22-23H2,1-2H3,(H2,21,24)/t15?,17-,19?,20-/m1/s1. The van der Waals surface area contributed by atoms with E-state index in [1.165, 1.54) is 0 Å². The number of hydrogen-bond donors (Lipinski definition) is 4. The van der Waals surface area contributed by atoms with Crippen LogP contribution in [-0.2, 0) is 11.3 Å². The number of aliphatic imine (C=N–C) groups is 1. The molecule has 0 aromatic heterocycles. The maximum atomic E-state index is 9.57. The minimum absolute atomic E-state index is 0.0726. The van der Waals surface area contributed by atoms with Crippen LogP contribution in [0.3, 0.4) is 0 Å². The molecule has 1 aliphatic carbocycles. The molecule has 3 rings (SSSR count). The number of rotatable bonds is 5. The first-order chi connectivity index (χ1) is 12.8. The summed E-state index contributed by atoms with van der Waals surface area (Å²) in [5.41, 5.74) is 13.5. The monoisotopic (exact) mass is 376 g/mol. The molecule has 7 N–H and O–H groups in total. The van der Waals surface area contributed by atoms with E-state index in [0.717, 1.165) is 49.0 Å². The molecule has 0 bridgehead atoms. The van der Waals surface area contributed by atoms with Crippen LogP contribution in [0.4, 0.5) is 0 Å². The maximum Gasteiger partial charge on any atom is 0.146 e. The average Bonchev–Trinajstić information content (AvgIpc) is 2.68. The van der Waals surface area contributed by atoms with E-state index in [1.54, 1.807) is 6.92 Å². The number of hydrogen-bond acceptors (Lipinski definition) is 6. The highest BCUT2D eigenvalue weighted by Crippen LogP contribution is 2.33. The first-order valence-electron chi connectivity index (χ1n) is 9.67. The van der Waals surface area contributed by atoms with E-state index in [9.17, 15) is 5.11 Å². The van der Waals surface area contributed by atoms with Crippen LogP contribution in [0.25, 0.3) is 0 Å². The van der Waals surface area contributed by atoms with Crippen LogP contribution in [0, 0.1) is 0 Å². The van der Waals surface area contributed by atoms with Crippen LogP contribution in [-0.4, -0.2) is 40.8 Å². The highest BCUT2D eigenvalue weighted by atomic mass is 16.7. The molecule has 0 radical (unpaired) electrons. The fourth-order valence-electron chi connectivity index (χ4n) is 3.86.